The average molecular weight is 397 g/mol. The van der Waals surface area contributed by atoms with Gasteiger partial charge in [-0.15, -0.1) is 0 Å². The van der Waals surface area contributed by atoms with Gasteiger partial charge in [0.05, 0.1) is 31.1 Å². The van der Waals surface area contributed by atoms with Crippen LogP contribution in [0.15, 0.2) is 48.5 Å². The SMILES string of the molecule is CC(C)c1ccc(NC(=O)[C@H](C)[NH+]2CCN(c3ccc([N+](=O)[O-])cc3)CC2)cc1. The number of amides is 1. The number of nitrogens with one attached hydrogen (secondary N) is 2. The van der Waals surface area contributed by atoms with Crippen molar-refractivity contribution < 1.29 is 14.6 Å². The summed E-state index contributed by atoms with van der Waals surface area (Å²) in [6, 6.07) is 14.6. The summed E-state index contributed by atoms with van der Waals surface area (Å²) in [4.78, 5) is 26.5. The molecule has 154 valence electrons. The minimum Gasteiger partial charge on any atom is -0.360 e. The molecule has 0 aliphatic carbocycles. The fraction of sp³-hybridized carbons (Fsp3) is 0.409. The first-order chi connectivity index (χ1) is 13.8. The molecule has 0 radical (unpaired) electrons. The number of nitrogens with zero attached hydrogens (tertiary/aromatic N) is 2. The Bertz CT molecular complexity index is 841. The van der Waals surface area contributed by atoms with Crippen molar-refractivity contribution in [3.05, 3.63) is 64.2 Å². The van der Waals surface area contributed by atoms with Crippen molar-refractivity contribution in [3.8, 4) is 0 Å². The molecule has 3 rings (SSSR count). The number of non-ortho nitro benzene ring substituents is 1. The molecule has 1 fully saturated rings. The van der Waals surface area contributed by atoms with Gasteiger partial charge in [-0.2, -0.15) is 0 Å². The molecule has 7 heteroatoms. The van der Waals surface area contributed by atoms with Crippen molar-refractivity contribution in [2.45, 2.75) is 32.7 Å². The number of piperazine rings is 1. The summed E-state index contributed by atoms with van der Waals surface area (Å²) < 4.78 is 0. The van der Waals surface area contributed by atoms with Gasteiger partial charge in [-0.1, -0.05) is 26.0 Å². The summed E-state index contributed by atoms with van der Waals surface area (Å²) in [6.45, 7) is 9.58. The van der Waals surface area contributed by atoms with Crippen LogP contribution >= 0.6 is 0 Å². The monoisotopic (exact) mass is 397 g/mol. The Labute approximate surface area is 171 Å². The van der Waals surface area contributed by atoms with Crippen LogP contribution in [0.25, 0.3) is 0 Å². The number of hydrogen-bond donors (Lipinski definition) is 2. The number of carbonyl (C=O) groups is 1. The lowest BCUT2D eigenvalue weighted by Gasteiger charge is -2.36. The van der Waals surface area contributed by atoms with Crippen molar-refractivity contribution in [2.24, 2.45) is 0 Å². The maximum absolute atomic E-state index is 12.7. The largest absolute Gasteiger partial charge is 0.360 e. The third-order valence-corrected chi connectivity index (χ3v) is 5.68. The van der Waals surface area contributed by atoms with E-state index in [9.17, 15) is 14.9 Å². The average Bonchev–Trinajstić information content (AvgIpc) is 2.73. The quantitative estimate of drug-likeness (QED) is 0.580. The van der Waals surface area contributed by atoms with Crippen molar-refractivity contribution >= 4 is 23.0 Å². The normalized spacial score (nSPS) is 15.9. The second kappa shape index (κ2) is 9.05. The van der Waals surface area contributed by atoms with Crippen molar-refractivity contribution in [1.29, 1.82) is 0 Å². The molecule has 2 aromatic rings. The molecule has 7 nitrogen and oxygen atoms in total. The van der Waals surface area contributed by atoms with Crippen LogP contribution in [0.3, 0.4) is 0 Å². The van der Waals surface area contributed by atoms with Gasteiger partial charge in [0.15, 0.2) is 6.04 Å². The highest BCUT2D eigenvalue weighted by atomic mass is 16.6. The molecule has 29 heavy (non-hydrogen) atoms. The van der Waals surface area contributed by atoms with Crippen LogP contribution in [0.4, 0.5) is 17.1 Å². The van der Waals surface area contributed by atoms with Gasteiger partial charge < -0.3 is 15.1 Å². The van der Waals surface area contributed by atoms with Gasteiger partial charge in [0.2, 0.25) is 0 Å². The van der Waals surface area contributed by atoms with Crippen LogP contribution in [0.1, 0.15) is 32.3 Å². The fourth-order valence-corrected chi connectivity index (χ4v) is 3.66. The smallest absolute Gasteiger partial charge is 0.282 e. The Morgan fingerprint density at radius 2 is 1.62 bits per heavy atom. The molecular formula is C22H29N4O3+. The maximum atomic E-state index is 12.7. The number of quaternary nitrogens is 1. The highest BCUT2D eigenvalue weighted by molar-refractivity contribution is 5.93. The number of hydrogen-bond acceptors (Lipinski definition) is 4. The molecule has 1 aliphatic rings. The Hall–Kier alpha value is -2.93. The molecule has 0 bridgehead atoms. The molecule has 2 aromatic carbocycles. The topological polar surface area (TPSA) is 79.9 Å². The third-order valence-electron chi connectivity index (χ3n) is 5.68. The van der Waals surface area contributed by atoms with E-state index in [1.165, 1.54) is 22.6 Å². The highest BCUT2D eigenvalue weighted by Crippen LogP contribution is 2.19. The first kappa shape index (κ1) is 20.8. The van der Waals surface area contributed by atoms with E-state index in [4.69, 9.17) is 0 Å². The third kappa shape index (κ3) is 5.12. The van der Waals surface area contributed by atoms with Crippen molar-refractivity contribution in [2.75, 3.05) is 36.4 Å². The second-order valence-corrected chi connectivity index (χ2v) is 7.91. The fourth-order valence-electron chi connectivity index (χ4n) is 3.66. The summed E-state index contributed by atoms with van der Waals surface area (Å²) >= 11 is 0. The van der Waals surface area contributed by atoms with Crippen molar-refractivity contribution in [3.63, 3.8) is 0 Å². The zero-order valence-corrected chi connectivity index (χ0v) is 17.2. The Balaban J connectivity index is 1.53. The zero-order chi connectivity index (χ0) is 21.0. The minimum absolute atomic E-state index is 0.0288. The van der Waals surface area contributed by atoms with E-state index < -0.39 is 0 Å². The van der Waals surface area contributed by atoms with E-state index in [0.717, 1.165) is 37.6 Å². The summed E-state index contributed by atoms with van der Waals surface area (Å²) in [6.07, 6.45) is 0. The number of carbonyl (C=O) groups excluding carboxylic acids is 1. The molecule has 0 spiro atoms. The van der Waals surface area contributed by atoms with Gasteiger partial charge in [0.1, 0.15) is 0 Å². The van der Waals surface area contributed by atoms with Gasteiger partial charge in [-0.3, -0.25) is 14.9 Å². The molecule has 0 aromatic heterocycles. The number of anilines is 2. The lowest BCUT2D eigenvalue weighted by atomic mass is 10.0. The van der Waals surface area contributed by atoms with E-state index in [2.05, 4.69) is 36.2 Å². The predicted octanol–water partition coefficient (Wildman–Crippen LogP) is 2.45. The van der Waals surface area contributed by atoms with E-state index >= 15 is 0 Å². The molecular weight excluding hydrogens is 368 g/mol. The molecule has 1 heterocycles. The first-order valence-corrected chi connectivity index (χ1v) is 10.1. The van der Waals surface area contributed by atoms with Crippen LogP contribution in [-0.4, -0.2) is 43.1 Å². The summed E-state index contributed by atoms with van der Waals surface area (Å²) in [7, 11) is 0. The number of benzene rings is 2. The summed E-state index contributed by atoms with van der Waals surface area (Å²) in [5.41, 5.74) is 3.17. The van der Waals surface area contributed by atoms with Gasteiger partial charge in [0.25, 0.3) is 11.6 Å². The molecule has 0 saturated carbocycles. The molecule has 1 aliphatic heterocycles. The first-order valence-electron chi connectivity index (χ1n) is 10.1. The molecule has 0 unspecified atom stereocenters. The van der Waals surface area contributed by atoms with Crippen molar-refractivity contribution in [1.82, 2.24) is 0 Å². The summed E-state index contributed by atoms with van der Waals surface area (Å²) in [5.74, 6) is 0.497. The molecule has 1 saturated heterocycles. The standard InChI is InChI=1S/C22H28N4O3/c1-16(2)18-4-6-19(7-5-18)23-22(27)17(3)24-12-14-25(15-13-24)20-8-10-21(11-9-20)26(28)29/h4-11,16-17H,12-15H2,1-3H3,(H,23,27)/p+1/t17-/m0/s1. The van der Waals surface area contributed by atoms with Gasteiger partial charge in [-0.05, 0) is 42.7 Å². The summed E-state index contributed by atoms with van der Waals surface area (Å²) in [5, 5.41) is 13.8. The van der Waals surface area contributed by atoms with E-state index in [0.29, 0.717) is 5.92 Å². The minimum atomic E-state index is -0.386. The van der Waals surface area contributed by atoms with Crippen LogP contribution < -0.4 is 15.1 Å². The maximum Gasteiger partial charge on any atom is 0.282 e. The molecule has 1 amide bonds. The Morgan fingerprint density at radius 1 is 1.03 bits per heavy atom. The zero-order valence-electron chi connectivity index (χ0n) is 17.2. The van der Waals surface area contributed by atoms with E-state index in [1.54, 1.807) is 12.1 Å². The van der Waals surface area contributed by atoms with Gasteiger partial charge in [0, 0.05) is 23.5 Å². The number of nitro benzene ring substituents is 1. The lowest BCUT2D eigenvalue weighted by Crippen LogP contribution is -3.19. The molecule has 2 N–H and O–H groups in total. The van der Waals surface area contributed by atoms with Crippen LogP contribution in [0.5, 0.6) is 0 Å². The number of nitro groups is 1. The lowest BCUT2D eigenvalue weighted by molar-refractivity contribution is -0.914. The van der Waals surface area contributed by atoms with Crippen LogP contribution in [-0.2, 0) is 4.79 Å². The highest BCUT2D eigenvalue weighted by Gasteiger charge is 2.29. The van der Waals surface area contributed by atoms with E-state index in [1.807, 2.05) is 19.1 Å². The Morgan fingerprint density at radius 3 is 2.14 bits per heavy atom. The van der Waals surface area contributed by atoms with Crippen LogP contribution in [0.2, 0.25) is 0 Å². The predicted molar refractivity (Wildman–Crippen MR) is 115 cm³/mol. The second-order valence-electron chi connectivity index (χ2n) is 7.91. The molecule has 1 atom stereocenters. The van der Waals surface area contributed by atoms with E-state index in [-0.39, 0.29) is 22.6 Å². The van der Waals surface area contributed by atoms with Gasteiger partial charge in [-0.25, -0.2) is 0 Å². The van der Waals surface area contributed by atoms with Crippen LogP contribution in [0, 0.1) is 10.1 Å². The Kier molecular flexibility index (Phi) is 6.49. The van der Waals surface area contributed by atoms with Gasteiger partial charge >= 0.3 is 0 Å². The number of rotatable bonds is 6.